The SMILES string of the molecule is CCC(O)CCNC(C)CCCC(F)(F)F. The normalized spacial score (nSPS) is 16.1. The van der Waals surface area contributed by atoms with Gasteiger partial charge < -0.3 is 10.4 Å². The molecule has 0 aliphatic heterocycles. The fourth-order valence-corrected chi connectivity index (χ4v) is 1.41. The summed E-state index contributed by atoms with van der Waals surface area (Å²) in [5, 5.41) is 12.4. The topological polar surface area (TPSA) is 32.3 Å². The molecule has 16 heavy (non-hydrogen) atoms. The molecular formula is C11H22F3NO. The van der Waals surface area contributed by atoms with Crippen molar-refractivity contribution >= 4 is 0 Å². The highest BCUT2D eigenvalue weighted by Crippen LogP contribution is 2.22. The Kier molecular flexibility index (Phi) is 7.76. The lowest BCUT2D eigenvalue weighted by Crippen LogP contribution is -2.29. The number of aliphatic hydroxyl groups is 1. The minimum atomic E-state index is -4.04. The summed E-state index contributed by atoms with van der Waals surface area (Å²) in [5.41, 5.74) is 0. The minimum absolute atomic E-state index is 0.0754. The zero-order valence-corrected chi connectivity index (χ0v) is 9.98. The Bertz CT molecular complexity index is 173. The van der Waals surface area contributed by atoms with Gasteiger partial charge in [-0.15, -0.1) is 0 Å². The Morgan fingerprint density at radius 2 is 1.88 bits per heavy atom. The highest BCUT2D eigenvalue weighted by molar-refractivity contribution is 4.64. The van der Waals surface area contributed by atoms with Crippen molar-refractivity contribution in [2.24, 2.45) is 0 Å². The first kappa shape index (κ1) is 15.7. The lowest BCUT2D eigenvalue weighted by atomic mass is 10.1. The minimum Gasteiger partial charge on any atom is -0.393 e. The van der Waals surface area contributed by atoms with Crippen molar-refractivity contribution in [3.8, 4) is 0 Å². The van der Waals surface area contributed by atoms with Crippen LogP contribution in [0.1, 0.15) is 46.0 Å². The van der Waals surface area contributed by atoms with Crippen LogP contribution in [-0.4, -0.2) is 30.0 Å². The zero-order valence-electron chi connectivity index (χ0n) is 9.98. The molecule has 0 spiro atoms. The fraction of sp³-hybridized carbons (Fsp3) is 1.00. The number of nitrogens with one attached hydrogen (secondary N) is 1. The van der Waals surface area contributed by atoms with Gasteiger partial charge in [0.2, 0.25) is 0 Å². The molecule has 5 heteroatoms. The molecular weight excluding hydrogens is 219 g/mol. The van der Waals surface area contributed by atoms with E-state index in [0.29, 0.717) is 25.8 Å². The molecule has 0 bridgehead atoms. The van der Waals surface area contributed by atoms with E-state index in [0.717, 1.165) is 0 Å². The molecule has 0 aliphatic rings. The van der Waals surface area contributed by atoms with Crippen molar-refractivity contribution in [3.63, 3.8) is 0 Å². The Labute approximate surface area is 95.2 Å². The summed E-state index contributed by atoms with van der Waals surface area (Å²) in [7, 11) is 0. The molecule has 0 aromatic carbocycles. The molecule has 0 radical (unpaired) electrons. The van der Waals surface area contributed by atoms with Crippen molar-refractivity contribution in [2.75, 3.05) is 6.54 Å². The summed E-state index contributed by atoms with van der Waals surface area (Å²) < 4.78 is 35.6. The van der Waals surface area contributed by atoms with E-state index in [1.165, 1.54) is 0 Å². The van der Waals surface area contributed by atoms with Crippen LogP contribution in [0.2, 0.25) is 0 Å². The third-order valence-electron chi connectivity index (χ3n) is 2.54. The van der Waals surface area contributed by atoms with Gasteiger partial charge in [0.1, 0.15) is 0 Å². The maximum Gasteiger partial charge on any atom is 0.389 e. The smallest absolute Gasteiger partial charge is 0.389 e. The Morgan fingerprint density at radius 3 is 2.38 bits per heavy atom. The quantitative estimate of drug-likeness (QED) is 0.685. The second-order valence-electron chi connectivity index (χ2n) is 4.21. The monoisotopic (exact) mass is 241 g/mol. The van der Waals surface area contributed by atoms with Crippen LogP contribution in [0.5, 0.6) is 0 Å². The van der Waals surface area contributed by atoms with Crippen LogP contribution in [0.4, 0.5) is 13.2 Å². The van der Waals surface area contributed by atoms with Crippen LogP contribution in [-0.2, 0) is 0 Å². The Hall–Kier alpha value is -0.290. The average Bonchev–Trinajstić information content (AvgIpc) is 2.15. The maximum atomic E-state index is 11.9. The van der Waals surface area contributed by atoms with E-state index < -0.39 is 12.6 Å². The summed E-state index contributed by atoms with van der Waals surface area (Å²) in [4.78, 5) is 0. The number of rotatable bonds is 8. The van der Waals surface area contributed by atoms with Crippen LogP contribution in [0.3, 0.4) is 0 Å². The van der Waals surface area contributed by atoms with E-state index in [9.17, 15) is 18.3 Å². The number of aliphatic hydroxyl groups excluding tert-OH is 1. The largest absolute Gasteiger partial charge is 0.393 e. The van der Waals surface area contributed by atoms with E-state index in [1.807, 2.05) is 13.8 Å². The third-order valence-corrected chi connectivity index (χ3v) is 2.54. The van der Waals surface area contributed by atoms with Crippen molar-refractivity contribution in [1.29, 1.82) is 0 Å². The van der Waals surface area contributed by atoms with Gasteiger partial charge in [-0.2, -0.15) is 13.2 Å². The Morgan fingerprint density at radius 1 is 1.25 bits per heavy atom. The number of hydrogen-bond donors (Lipinski definition) is 2. The summed E-state index contributed by atoms with van der Waals surface area (Å²) >= 11 is 0. The van der Waals surface area contributed by atoms with Crippen LogP contribution >= 0.6 is 0 Å². The predicted octanol–water partition coefficient (Wildman–Crippen LogP) is 2.86. The van der Waals surface area contributed by atoms with Gasteiger partial charge in [-0.25, -0.2) is 0 Å². The van der Waals surface area contributed by atoms with Crippen LogP contribution < -0.4 is 5.32 Å². The first-order valence-electron chi connectivity index (χ1n) is 5.83. The molecule has 2 N–H and O–H groups in total. The van der Waals surface area contributed by atoms with E-state index in [1.54, 1.807) is 0 Å². The molecule has 2 unspecified atom stereocenters. The highest BCUT2D eigenvalue weighted by atomic mass is 19.4. The second kappa shape index (κ2) is 7.90. The number of hydrogen-bond acceptors (Lipinski definition) is 2. The van der Waals surface area contributed by atoms with Gasteiger partial charge in [-0.05, 0) is 39.2 Å². The van der Waals surface area contributed by atoms with Gasteiger partial charge in [0.05, 0.1) is 6.10 Å². The maximum absolute atomic E-state index is 11.9. The molecule has 0 fully saturated rings. The van der Waals surface area contributed by atoms with Crippen molar-refractivity contribution in [1.82, 2.24) is 5.32 Å². The second-order valence-corrected chi connectivity index (χ2v) is 4.21. The van der Waals surface area contributed by atoms with Crippen molar-refractivity contribution in [3.05, 3.63) is 0 Å². The average molecular weight is 241 g/mol. The van der Waals surface area contributed by atoms with Crippen molar-refractivity contribution < 1.29 is 18.3 Å². The summed E-state index contributed by atoms with van der Waals surface area (Å²) in [6.07, 6.45) is -3.02. The molecule has 0 saturated carbocycles. The molecule has 0 heterocycles. The summed E-state index contributed by atoms with van der Waals surface area (Å²) in [5.74, 6) is 0. The summed E-state index contributed by atoms with van der Waals surface area (Å²) in [6.45, 7) is 4.42. The molecule has 0 amide bonds. The predicted molar refractivity (Wildman–Crippen MR) is 58.3 cm³/mol. The molecule has 0 aromatic rings. The van der Waals surface area contributed by atoms with Crippen LogP contribution in [0.25, 0.3) is 0 Å². The number of halogens is 3. The summed E-state index contributed by atoms with van der Waals surface area (Å²) in [6, 6.07) is 0.0754. The van der Waals surface area contributed by atoms with Crippen LogP contribution in [0.15, 0.2) is 0 Å². The van der Waals surface area contributed by atoms with Crippen molar-refractivity contribution in [2.45, 2.75) is 64.3 Å². The van der Waals surface area contributed by atoms with Crippen LogP contribution in [0, 0.1) is 0 Å². The Balaban J connectivity index is 3.41. The molecule has 0 aliphatic carbocycles. The van der Waals surface area contributed by atoms with Gasteiger partial charge in [-0.1, -0.05) is 6.92 Å². The first-order valence-corrected chi connectivity index (χ1v) is 5.83. The van der Waals surface area contributed by atoms with E-state index in [4.69, 9.17) is 0 Å². The lowest BCUT2D eigenvalue weighted by Gasteiger charge is -2.15. The standard InChI is InChI=1S/C11H22F3NO/c1-3-10(16)6-8-15-9(2)5-4-7-11(12,13)14/h9-10,15-16H,3-8H2,1-2H3. The molecule has 0 aromatic heterocycles. The zero-order chi connectivity index (χ0) is 12.6. The van der Waals surface area contributed by atoms with Gasteiger partial charge in [0, 0.05) is 12.5 Å². The van der Waals surface area contributed by atoms with Gasteiger partial charge >= 0.3 is 6.18 Å². The fourth-order valence-electron chi connectivity index (χ4n) is 1.41. The number of alkyl halides is 3. The molecule has 0 saturated heterocycles. The van der Waals surface area contributed by atoms with Gasteiger partial charge in [-0.3, -0.25) is 0 Å². The molecule has 2 atom stereocenters. The lowest BCUT2D eigenvalue weighted by molar-refractivity contribution is -0.135. The molecule has 2 nitrogen and oxygen atoms in total. The van der Waals surface area contributed by atoms with Gasteiger partial charge in [0.25, 0.3) is 0 Å². The molecule has 98 valence electrons. The highest BCUT2D eigenvalue weighted by Gasteiger charge is 2.26. The van der Waals surface area contributed by atoms with E-state index in [2.05, 4.69) is 5.32 Å². The van der Waals surface area contributed by atoms with E-state index in [-0.39, 0.29) is 18.6 Å². The van der Waals surface area contributed by atoms with Gasteiger partial charge in [0.15, 0.2) is 0 Å². The first-order chi connectivity index (χ1) is 7.35. The van der Waals surface area contributed by atoms with E-state index >= 15 is 0 Å². The third kappa shape index (κ3) is 10.2. The molecule has 0 rings (SSSR count).